The molecule has 1 aliphatic rings. The number of aryl methyl sites for hydroxylation is 1. The molecule has 0 bridgehead atoms. The first-order valence-corrected chi connectivity index (χ1v) is 8.25. The van der Waals surface area contributed by atoms with Gasteiger partial charge in [0.15, 0.2) is 0 Å². The van der Waals surface area contributed by atoms with Gasteiger partial charge < -0.3 is 9.67 Å². The SMILES string of the molecule is Cc1nnc2n1CC(C(=O)O)N(Cc1ccc(SC(F)(F)F)cc1)C2. The van der Waals surface area contributed by atoms with Crippen LogP contribution in [0, 0.1) is 6.92 Å². The van der Waals surface area contributed by atoms with Crippen molar-refractivity contribution in [3.63, 3.8) is 0 Å². The second kappa shape index (κ2) is 6.68. The first kappa shape index (κ1) is 17.7. The van der Waals surface area contributed by atoms with Gasteiger partial charge in [-0.25, -0.2) is 0 Å². The number of halogens is 3. The highest BCUT2D eigenvalue weighted by atomic mass is 32.2. The zero-order chi connectivity index (χ0) is 18.2. The number of aliphatic carboxylic acids is 1. The number of aromatic nitrogens is 3. The van der Waals surface area contributed by atoms with E-state index in [0.717, 1.165) is 5.56 Å². The van der Waals surface area contributed by atoms with Crippen LogP contribution in [0.1, 0.15) is 17.2 Å². The summed E-state index contributed by atoms with van der Waals surface area (Å²) in [6.45, 7) is 2.63. The summed E-state index contributed by atoms with van der Waals surface area (Å²) in [5.41, 5.74) is -3.59. The van der Waals surface area contributed by atoms with Gasteiger partial charge in [0.05, 0.1) is 13.1 Å². The minimum Gasteiger partial charge on any atom is -0.480 e. The van der Waals surface area contributed by atoms with Gasteiger partial charge in [0.25, 0.3) is 0 Å². The Labute approximate surface area is 145 Å². The Balaban J connectivity index is 1.75. The van der Waals surface area contributed by atoms with Gasteiger partial charge in [-0.3, -0.25) is 9.69 Å². The van der Waals surface area contributed by atoms with Crippen molar-refractivity contribution >= 4 is 17.7 Å². The third-order valence-corrected chi connectivity index (χ3v) is 4.72. The molecule has 0 aliphatic carbocycles. The van der Waals surface area contributed by atoms with Crippen LogP contribution in [0.5, 0.6) is 0 Å². The Morgan fingerprint density at radius 1 is 1.32 bits per heavy atom. The summed E-state index contributed by atoms with van der Waals surface area (Å²) in [5, 5.41) is 17.5. The number of rotatable bonds is 4. The smallest absolute Gasteiger partial charge is 0.446 e. The Morgan fingerprint density at radius 2 is 2.00 bits per heavy atom. The summed E-state index contributed by atoms with van der Waals surface area (Å²) in [7, 11) is 0. The van der Waals surface area contributed by atoms with Crippen LogP contribution < -0.4 is 0 Å². The maximum absolute atomic E-state index is 12.4. The number of alkyl halides is 3. The molecule has 1 unspecified atom stereocenters. The molecule has 0 amide bonds. The van der Waals surface area contributed by atoms with Crippen LogP contribution in [-0.2, 0) is 24.4 Å². The third-order valence-electron chi connectivity index (χ3n) is 3.98. The van der Waals surface area contributed by atoms with E-state index in [-0.39, 0.29) is 23.2 Å². The molecule has 0 fully saturated rings. The molecule has 1 aromatic heterocycles. The summed E-state index contributed by atoms with van der Waals surface area (Å²) >= 11 is -0.175. The monoisotopic (exact) mass is 372 g/mol. The molecule has 1 N–H and O–H groups in total. The van der Waals surface area contributed by atoms with Gasteiger partial charge in [-0.1, -0.05) is 12.1 Å². The molecule has 2 aromatic rings. The normalized spacial score (nSPS) is 18.2. The van der Waals surface area contributed by atoms with E-state index in [1.807, 2.05) is 0 Å². The zero-order valence-electron chi connectivity index (χ0n) is 13.2. The Kier molecular flexibility index (Phi) is 4.74. The molecule has 0 saturated heterocycles. The maximum Gasteiger partial charge on any atom is 0.446 e. The topological polar surface area (TPSA) is 71.2 Å². The van der Waals surface area contributed by atoms with Gasteiger partial charge in [0, 0.05) is 11.4 Å². The highest BCUT2D eigenvalue weighted by Crippen LogP contribution is 2.36. The molecule has 1 atom stereocenters. The highest BCUT2D eigenvalue weighted by molar-refractivity contribution is 8.00. The summed E-state index contributed by atoms with van der Waals surface area (Å²) in [4.78, 5) is 13.4. The molecule has 0 radical (unpaired) electrons. The first-order chi connectivity index (χ1) is 11.7. The minimum atomic E-state index is -4.33. The van der Waals surface area contributed by atoms with Crippen molar-refractivity contribution < 1.29 is 23.1 Å². The Morgan fingerprint density at radius 3 is 2.60 bits per heavy atom. The highest BCUT2D eigenvalue weighted by Gasteiger charge is 2.33. The maximum atomic E-state index is 12.4. The Bertz CT molecular complexity index is 776. The third kappa shape index (κ3) is 4.13. The number of thioether (sulfide) groups is 1. The second-order valence-electron chi connectivity index (χ2n) is 5.72. The van der Waals surface area contributed by atoms with E-state index in [0.29, 0.717) is 24.7 Å². The van der Waals surface area contributed by atoms with Crippen LogP contribution >= 0.6 is 11.8 Å². The number of fused-ring (bicyclic) bond motifs is 1. The van der Waals surface area contributed by atoms with Gasteiger partial charge in [0.2, 0.25) is 0 Å². The van der Waals surface area contributed by atoms with Crippen LogP contribution in [-0.4, -0.2) is 42.3 Å². The molecule has 134 valence electrons. The van der Waals surface area contributed by atoms with E-state index in [2.05, 4.69) is 10.2 Å². The van der Waals surface area contributed by atoms with E-state index < -0.39 is 17.5 Å². The quantitative estimate of drug-likeness (QED) is 0.832. The van der Waals surface area contributed by atoms with E-state index in [9.17, 15) is 23.1 Å². The average Bonchev–Trinajstić information content (AvgIpc) is 2.87. The number of carboxylic acids is 1. The lowest BCUT2D eigenvalue weighted by atomic mass is 10.1. The fourth-order valence-electron chi connectivity index (χ4n) is 2.79. The number of carboxylic acid groups (broad SMARTS) is 1. The summed E-state index contributed by atoms with van der Waals surface area (Å²) in [5.74, 6) is 0.386. The Hall–Kier alpha value is -2.07. The molecule has 0 saturated carbocycles. The zero-order valence-corrected chi connectivity index (χ0v) is 14.0. The van der Waals surface area contributed by atoms with E-state index in [1.165, 1.54) is 12.1 Å². The predicted octanol–water partition coefficient (Wildman–Crippen LogP) is 2.67. The van der Waals surface area contributed by atoms with E-state index in [1.54, 1.807) is 28.5 Å². The minimum absolute atomic E-state index is 0.0973. The van der Waals surface area contributed by atoms with Crippen molar-refractivity contribution in [3.05, 3.63) is 41.5 Å². The summed E-state index contributed by atoms with van der Waals surface area (Å²) in [6, 6.07) is 5.20. The van der Waals surface area contributed by atoms with Crippen LogP contribution in [0.15, 0.2) is 29.2 Å². The van der Waals surface area contributed by atoms with Gasteiger partial charge in [-0.2, -0.15) is 13.2 Å². The molecule has 1 aliphatic heterocycles. The largest absolute Gasteiger partial charge is 0.480 e. The van der Waals surface area contributed by atoms with E-state index >= 15 is 0 Å². The summed E-state index contributed by atoms with van der Waals surface area (Å²) < 4.78 is 38.9. The van der Waals surface area contributed by atoms with Crippen molar-refractivity contribution in [2.24, 2.45) is 0 Å². The fourth-order valence-corrected chi connectivity index (χ4v) is 3.33. The lowest BCUT2D eigenvalue weighted by Gasteiger charge is -2.33. The molecular formula is C15H15F3N4O2S. The number of nitrogens with zero attached hydrogens (tertiary/aromatic N) is 4. The predicted molar refractivity (Wildman–Crippen MR) is 83.8 cm³/mol. The lowest BCUT2D eigenvalue weighted by molar-refractivity contribution is -0.145. The van der Waals surface area contributed by atoms with Crippen molar-refractivity contribution in [2.75, 3.05) is 0 Å². The lowest BCUT2D eigenvalue weighted by Crippen LogP contribution is -2.47. The molecule has 0 spiro atoms. The molecule has 25 heavy (non-hydrogen) atoms. The molecule has 3 rings (SSSR count). The second-order valence-corrected chi connectivity index (χ2v) is 6.86. The molecule has 2 heterocycles. The van der Waals surface area contributed by atoms with Crippen LogP contribution in [0.25, 0.3) is 0 Å². The van der Waals surface area contributed by atoms with Gasteiger partial charge in [0.1, 0.15) is 17.7 Å². The summed E-state index contributed by atoms with van der Waals surface area (Å²) in [6.07, 6.45) is 0. The average molecular weight is 372 g/mol. The number of hydrogen-bond acceptors (Lipinski definition) is 5. The molecule has 6 nitrogen and oxygen atoms in total. The fraction of sp³-hybridized carbons (Fsp3) is 0.400. The van der Waals surface area contributed by atoms with Crippen LogP contribution in [0.3, 0.4) is 0 Å². The molecule has 1 aromatic carbocycles. The molecule has 10 heteroatoms. The van der Waals surface area contributed by atoms with Crippen LogP contribution in [0.2, 0.25) is 0 Å². The number of benzene rings is 1. The molecular weight excluding hydrogens is 357 g/mol. The van der Waals surface area contributed by atoms with Crippen molar-refractivity contribution in [1.82, 2.24) is 19.7 Å². The van der Waals surface area contributed by atoms with Gasteiger partial charge in [-0.15, -0.1) is 10.2 Å². The number of carbonyl (C=O) groups is 1. The standard InChI is InChI=1S/C15H15F3N4O2S/c1-9-19-20-13-8-21(12(14(23)24)7-22(9)13)6-10-2-4-11(5-3-10)25-15(16,17)18/h2-5,12H,6-8H2,1H3,(H,23,24). The first-order valence-electron chi connectivity index (χ1n) is 7.43. The van der Waals surface area contributed by atoms with Crippen molar-refractivity contribution in [2.45, 2.75) is 43.0 Å². The van der Waals surface area contributed by atoms with Crippen molar-refractivity contribution in [3.8, 4) is 0 Å². The number of hydrogen-bond donors (Lipinski definition) is 1. The van der Waals surface area contributed by atoms with E-state index in [4.69, 9.17) is 0 Å². The van der Waals surface area contributed by atoms with Crippen molar-refractivity contribution in [1.29, 1.82) is 0 Å². The van der Waals surface area contributed by atoms with Gasteiger partial charge >= 0.3 is 11.5 Å². The van der Waals surface area contributed by atoms with Crippen LogP contribution in [0.4, 0.5) is 13.2 Å². The van der Waals surface area contributed by atoms with Gasteiger partial charge in [-0.05, 0) is 36.4 Å².